The SMILES string of the molecule is CO[C@H]1[C@H](NC(=O)c2cccc(F)c2)c2ccccc2C12CCN(Cc1cnc[nH]1)CC2. The summed E-state index contributed by atoms with van der Waals surface area (Å²) >= 11 is 0. The summed E-state index contributed by atoms with van der Waals surface area (Å²) < 4.78 is 19.7. The number of imidazole rings is 1. The fourth-order valence-electron chi connectivity index (χ4n) is 5.50. The summed E-state index contributed by atoms with van der Waals surface area (Å²) in [5.74, 6) is -0.714. The molecular formula is C25H27FN4O2. The minimum absolute atomic E-state index is 0.171. The Morgan fingerprint density at radius 2 is 2.06 bits per heavy atom. The number of rotatable bonds is 5. The van der Waals surface area contributed by atoms with Crippen molar-refractivity contribution in [3.8, 4) is 0 Å². The number of benzene rings is 2. The van der Waals surface area contributed by atoms with Crippen LogP contribution in [0.5, 0.6) is 0 Å². The molecule has 2 atom stereocenters. The molecule has 1 aliphatic heterocycles. The quantitative estimate of drug-likeness (QED) is 0.644. The van der Waals surface area contributed by atoms with Crippen LogP contribution < -0.4 is 5.32 Å². The van der Waals surface area contributed by atoms with Gasteiger partial charge in [0.05, 0.1) is 18.5 Å². The van der Waals surface area contributed by atoms with E-state index in [0.29, 0.717) is 5.56 Å². The molecule has 0 saturated carbocycles. The Morgan fingerprint density at radius 1 is 1.25 bits per heavy atom. The largest absolute Gasteiger partial charge is 0.378 e. The van der Waals surface area contributed by atoms with E-state index in [2.05, 4.69) is 38.4 Å². The lowest BCUT2D eigenvalue weighted by Gasteiger charge is -2.44. The van der Waals surface area contributed by atoms with E-state index in [1.807, 2.05) is 12.3 Å². The van der Waals surface area contributed by atoms with Gasteiger partial charge in [0.25, 0.3) is 5.91 Å². The summed E-state index contributed by atoms with van der Waals surface area (Å²) in [5.41, 5.74) is 3.59. The number of piperidine rings is 1. The van der Waals surface area contributed by atoms with E-state index < -0.39 is 5.82 Å². The van der Waals surface area contributed by atoms with E-state index >= 15 is 0 Å². The van der Waals surface area contributed by atoms with Gasteiger partial charge in [0.2, 0.25) is 0 Å². The number of H-pyrrole nitrogens is 1. The predicted octanol–water partition coefficient (Wildman–Crippen LogP) is 3.58. The normalized spacial score (nSPS) is 22.1. The van der Waals surface area contributed by atoms with Crippen molar-refractivity contribution >= 4 is 5.91 Å². The summed E-state index contributed by atoms with van der Waals surface area (Å²) in [6.45, 7) is 2.70. The first-order valence-electron chi connectivity index (χ1n) is 11.0. The average Bonchev–Trinajstić information content (AvgIpc) is 3.41. The highest BCUT2D eigenvalue weighted by Gasteiger charge is 2.54. The zero-order chi connectivity index (χ0) is 22.1. The molecule has 1 spiro atoms. The van der Waals surface area contributed by atoms with Crippen molar-refractivity contribution in [1.82, 2.24) is 20.2 Å². The third-order valence-corrected chi connectivity index (χ3v) is 7.00. The van der Waals surface area contributed by atoms with Crippen LogP contribution in [0.4, 0.5) is 4.39 Å². The topological polar surface area (TPSA) is 70.2 Å². The molecule has 6 nitrogen and oxygen atoms in total. The number of aromatic amines is 1. The smallest absolute Gasteiger partial charge is 0.251 e. The zero-order valence-corrected chi connectivity index (χ0v) is 18.1. The van der Waals surface area contributed by atoms with E-state index in [1.165, 1.54) is 17.7 Å². The fraction of sp³-hybridized carbons (Fsp3) is 0.360. The lowest BCUT2D eigenvalue weighted by atomic mass is 9.72. The third-order valence-electron chi connectivity index (χ3n) is 7.00. The number of methoxy groups -OCH3 is 1. The number of aromatic nitrogens is 2. The molecular weight excluding hydrogens is 407 g/mol. The van der Waals surface area contributed by atoms with Gasteiger partial charge < -0.3 is 15.0 Å². The number of hydrogen-bond acceptors (Lipinski definition) is 4. The number of carbonyl (C=O) groups is 1. The molecule has 2 heterocycles. The van der Waals surface area contributed by atoms with Crippen molar-refractivity contribution < 1.29 is 13.9 Å². The average molecular weight is 435 g/mol. The van der Waals surface area contributed by atoms with Gasteiger partial charge in [-0.1, -0.05) is 30.3 Å². The van der Waals surface area contributed by atoms with Crippen LogP contribution in [0.15, 0.2) is 61.1 Å². The van der Waals surface area contributed by atoms with E-state index in [4.69, 9.17) is 4.74 Å². The Labute approximate surface area is 186 Å². The second-order valence-electron chi connectivity index (χ2n) is 8.71. The van der Waals surface area contributed by atoms with E-state index in [1.54, 1.807) is 25.6 Å². The number of nitrogens with zero attached hydrogens (tertiary/aromatic N) is 2. The second kappa shape index (κ2) is 8.48. The molecule has 0 radical (unpaired) electrons. The lowest BCUT2D eigenvalue weighted by molar-refractivity contribution is -0.0123. The van der Waals surface area contributed by atoms with Crippen LogP contribution in [0.3, 0.4) is 0 Å². The Hall–Kier alpha value is -3.03. The van der Waals surface area contributed by atoms with Crippen molar-refractivity contribution in [3.05, 3.63) is 89.3 Å². The van der Waals surface area contributed by atoms with Crippen LogP contribution in [-0.2, 0) is 16.7 Å². The summed E-state index contributed by atoms with van der Waals surface area (Å²) in [5, 5.41) is 3.14. The maximum Gasteiger partial charge on any atom is 0.251 e. The molecule has 1 amide bonds. The number of halogens is 1. The van der Waals surface area contributed by atoms with E-state index in [-0.39, 0.29) is 23.5 Å². The van der Waals surface area contributed by atoms with Crippen LogP contribution in [-0.4, -0.2) is 47.1 Å². The molecule has 1 saturated heterocycles. The minimum atomic E-state index is -0.422. The van der Waals surface area contributed by atoms with Gasteiger partial charge in [-0.15, -0.1) is 0 Å². The third kappa shape index (κ3) is 3.61. The molecule has 32 heavy (non-hydrogen) atoms. The Kier molecular flexibility index (Phi) is 5.53. The van der Waals surface area contributed by atoms with E-state index in [9.17, 15) is 9.18 Å². The van der Waals surface area contributed by atoms with Crippen LogP contribution in [0.25, 0.3) is 0 Å². The van der Waals surface area contributed by atoms with Gasteiger partial charge in [-0.05, 0) is 55.3 Å². The molecule has 2 aliphatic rings. The maximum atomic E-state index is 13.7. The molecule has 0 bridgehead atoms. The number of nitrogens with one attached hydrogen (secondary N) is 2. The first-order valence-corrected chi connectivity index (χ1v) is 11.0. The number of fused-ring (bicyclic) bond motifs is 2. The van der Waals surface area contributed by atoms with Gasteiger partial charge in [0.15, 0.2) is 0 Å². The fourth-order valence-corrected chi connectivity index (χ4v) is 5.50. The summed E-state index contributed by atoms with van der Waals surface area (Å²) in [4.78, 5) is 22.7. The summed E-state index contributed by atoms with van der Waals surface area (Å²) in [6, 6.07) is 13.8. The standard InChI is InChI=1S/C25H27FN4O2/c1-32-23-22(29-24(31)17-5-4-6-18(26)13-17)20-7-2-3-8-21(20)25(23)9-11-30(12-10-25)15-19-14-27-16-28-19/h2-8,13-14,16,22-23H,9-12,15H2,1H3,(H,27,28)(H,29,31)/t22-,23+/m1/s1. The highest BCUT2D eigenvalue weighted by molar-refractivity contribution is 5.94. The second-order valence-corrected chi connectivity index (χ2v) is 8.71. The van der Waals surface area contributed by atoms with Gasteiger partial charge in [-0.3, -0.25) is 9.69 Å². The molecule has 2 aromatic carbocycles. The molecule has 166 valence electrons. The number of carbonyl (C=O) groups excluding carboxylic acids is 1. The number of likely N-dealkylation sites (tertiary alicyclic amines) is 1. The van der Waals surface area contributed by atoms with Crippen LogP contribution in [0.2, 0.25) is 0 Å². The van der Waals surface area contributed by atoms with Crippen LogP contribution >= 0.6 is 0 Å². The Bertz CT molecular complexity index is 1090. The van der Waals surface area contributed by atoms with Crippen molar-refractivity contribution in [1.29, 1.82) is 0 Å². The molecule has 3 aromatic rings. The number of amides is 1. The molecule has 2 N–H and O–H groups in total. The van der Waals surface area contributed by atoms with Gasteiger partial charge in [-0.25, -0.2) is 9.37 Å². The minimum Gasteiger partial charge on any atom is -0.378 e. The predicted molar refractivity (Wildman–Crippen MR) is 119 cm³/mol. The highest BCUT2D eigenvalue weighted by Crippen LogP contribution is 2.52. The summed E-state index contributed by atoms with van der Waals surface area (Å²) in [7, 11) is 1.72. The zero-order valence-electron chi connectivity index (χ0n) is 18.1. The first kappa shape index (κ1) is 20.8. The van der Waals surface area contributed by atoms with Crippen molar-refractivity contribution in [3.63, 3.8) is 0 Å². The Balaban J connectivity index is 1.40. The number of hydrogen-bond donors (Lipinski definition) is 2. The van der Waals surface area contributed by atoms with Gasteiger partial charge in [-0.2, -0.15) is 0 Å². The molecule has 7 heteroatoms. The lowest BCUT2D eigenvalue weighted by Crippen LogP contribution is -2.50. The van der Waals surface area contributed by atoms with Crippen molar-refractivity contribution in [2.75, 3.05) is 20.2 Å². The molecule has 5 rings (SSSR count). The van der Waals surface area contributed by atoms with Crippen molar-refractivity contribution in [2.24, 2.45) is 0 Å². The van der Waals surface area contributed by atoms with Crippen LogP contribution in [0, 0.1) is 5.82 Å². The van der Waals surface area contributed by atoms with Gasteiger partial charge in [0, 0.05) is 36.5 Å². The van der Waals surface area contributed by atoms with Gasteiger partial charge >= 0.3 is 0 Å². The van der Waals surface area contributed by atoms with Crippen molar-refractivity contribution in [2.45, 2.75) is 36.9 Å². The molecule has 1 fully saturated rings. The first-order chi connectivity index (χ1) is 15.6. The van der Waals surface area contributed by atoms with Gasteiger partial charge in [0.1, 0.15) is 5.82 Å². The molecule has 0 unspecified atom stereocenters. The summed E-state index contributed by atoms with van der Waals surface area (Å²) in [6.07, 6.45) is 5.25. The monoisotopic (exact) mass is 434 g/mol. The number of ether oxygens (including phenoxy) is 1. The maximum absolute atomic E-state index is 13.7. The molecule has 1 aliphatic carbocycles. The highest BCUT2D eigenvalue weighted by atomic mass is 19.1. The Morgan fingerprint density at radius 3 is 2.78 bits per heavy atom. The van der Waals surface area contributed by atoms with Crippen LogP contribution in [0.1, 0.15) is 46.1 Å². The molecule has 1 aromatic heterocycles. The van der Waals surface area contributed by atoms with E-state index in [0.717, 1.165) is 43.7 Å².